The van der Waals surface area contributed by atoms with Gasteiger partial charge in [0.25, 0.3) is 11.8 Å². The lowest BCUT2D eigenvalue weighted by Crippen LogP contribution is -2.41. The van der Waals surface area contributed by atoms with Crippen LogP contribution in [-0.2, 0) is 0 Å². The first-order valence-corrected chi connectivity index (χ1v) is 13.8. The third-order valence-electron chi connectivity index (χ3n) is 7.64. The first-order valence-electron chi connectivity index (χ1n) is 13.8. The molecule has 0 atom stereocenters. The van der Waals surface area contributed by atoms with Crippen LogP contribution in [0.5, 0.6) is 0 Å². The molecule has 0 aliphatic carbocycles. The second-order valence-electron chi connectivity index (χ2n) is 11.1. The molecule has 0 fully saturated rings. The molecule has 0 saturated carbocycles. The van der Waals surface area contributed by atoms with E-state index in [1.165, 1.54) is 0 Å². The maximum atomic E-state index is 14.6. The minimum Gasteiger partial charge on any atom is -0.268 e. The zero-order valence-corrected chi connectivity index (χ0v) is 25.0. The standard InChI is InChI=1S/C36H35N3O2/c1-21-16-25(5)33(26(6)17-21)38-31(20-37-32-23(3)12-11-13-24(32)4)39(34-27(7)18-22(2)19-28(34)8)36(41)30-15-10-9-14-29(30)35(38)40/h9-19H,1-8H3. The average molecular weight is 542 g/mol. The summed E-state index contributed by atoms with van der Waals surface area (Å²) >= 11 is 0. The molecule has 0 spiro atoms. The quantitative estimate of drug-likeness (QED) is 0.245. The summed E-state index contributed by atoms with van der Waals surface area (Å²) in [5.41, 5.74) is 10.7. The van der Waals surface area contributed by atoms with Gasteiger partial charge in [0.05, 0.1) is 28.2 Å². The van der Waals surface area contributed by atoms with Crippen molar-refractivity contribution in [2.24, 2.45) is 4.99 Å². The monoisotopic (exact) mass is 541 g/mol. The number of hydrogen-bond acceptors (Lipinski definition) is 3. The Hall–Kier alpha value is -4.73. The van der Waals surface area contributed by atoms with Crippen molar-refractivity contribution >= 4 is 34.7 Å². The molecule has 1 aliphatic heterocycles. The highest BCUT2D eigenvalue weighted by molar-refractivity contribution is 6.24. The van der Waals surface area contributed by atoms with Crippen LogP contribution in [0.3, 0.4) is 0 Å². The molecule has 4 aromatic rings. The molecule has 41 heavy (non-hydrogen) atoms. The minimum atomic E-state index is -0.298. The smallest absolute Gasteiger partial charge is 0.265 e. The Morgan fingerprint density at radius 2 is 0.927 bits per heavy atom. The molecule has 1 heterocycles. The van der Waals surface area contributed by atoms with Crippen LogP contribution < -0.4 is 9.80 Å². The predicted octanol–water partition coefficient (Wildman–Crippen LogP) is 8.30. The zero-order valence-electron chi connectivity index (χ0n) is 25.0. The van der Waals surface area contributed by atoms with Crippen molar-refractivity contribution < 1.29 is 9.59 Å². The largest absolute Gasteiger partial charge is 0.268 e. The Labute approximate surface area is 242 Å². The third-order valence-corrected chi connectivity index (χ3v) is 7.64. The van der Waals surface area contributed by atoms with Gasteiger partial charge in [0, 0.05) is 5.87 Å². The van der Waals surface area contributed by atoms with Gasteiger partial charge in [-0.15, -0.1) is 0 Å². The number of anilines is 2. The normalized spacial score (nSPS) is 13.2. The summed E-state index contributed by atoms with van der Waals surface area (Å²) in [4.78, 5) is 37.2. The number of hydrogen-bond donors (Lipinski definition) is 0. The van der Waals surface area contributed by atoms with Gasteiger partial charge in [-0.2, -0.15) is 0 Å². The summed E-state index contributed by atoms with van der Waals surface area (Å²) in [6.45, 7) is 16.0. The van der Waals surface area contributed by atoms with Gasteiger partial charge in [0.15, 0.2) is 5.82 Å². The maximum Gasteiger partial charge on any atom is 0.265 e. The maximum absolute atomic E-state index is 14.6. The topological polar surface area (TPSA) is 53.0 Å². The Morgan fingerprint density at radius 1 is 0.537 bits per heavy atom. The molecular formula is C36H35N3O2. The summed E-state index contributed by atoms with van der Waals surface area (Å²) in [6.07, 6.45) is 0. The van der Waals surface area contributed by atoms with Crippen molar-refractivity contribution in [2.45, 2.75) is 55.4 Å². The molecule has 0 saturated heterocycles. The first-order chi connectivity index (χ1) is 19.5. The molecule has 4 aromatic carbocycles. The molecule has 0 N–H and O–H groups in total. The Bertz CT molecular complexity index is 1640. The van der Waals surface area contributed by atoms with E-state index in [4.69, 9.17) is 4.99 Å². The van der Waals surface area contributed by atoms with Crippen LogP contribution in [0.1, 0.15) is 65.2 Å². The van der Waals surface area contributed by atoms with E-state index >= 15 is 0 Å². The van der Waals surface area contributed by atoms with Crippen LogP contribution in [0.25, 0.3) is 0 Å². The number of nitrogens with zero attached hydrogens (tertiary/aromatic N) is 3. The van der Waals surface area contributed by atoms with Crippen molar-refractivity contribution in [3.8, 4) is 0 Å². The molecule has 5 rings (SSSR count). The van der Waals surface area contributed by atoms with E-state index in [2.05, 4.69) is 30.1 Å². The predicted molar refractivity (Wildman–Crippen MR) is 168 cm³/mol. The zero-order chi connectivity index (χ0) is 29.6. The number of amides is 2. The lowest BCUT2D eigenvalue weighted by Gasteiger charge is -2.32. The van der Waals surface area contributed by atoms with Crippen LogP contribution in [0.2, 0.25) is 0 Å². The second kappa shape index (κ2) is 10.7. The van der Waals surface area contributed by atoms with Crippen LogP contribution in [0.4, 0.5) is 17.1 Å². The molecule has 0 unspecified atom stereocenters. The second-order valence-corrected chi connectivity index (χ2v) is 11.1. The van der Waals surface area contributed by atoms with Crippen LogP contribution >= 0.6 is 0 Å². The van der Waals surface area contributed by atoms with Gasteiger partial charge in [-0.3, -0.25) is 19.4 Å². The molecule has 0 bridgehead atoms. The average Bonchev–Trinajstić information content (AvgIpc) is 2.97. The van der Waals surface area contributed by atoms with E-state index in [0.717, 1.165) is 61.6 Å². The number of carbonyl (C=O) groups is 2. The van der Waals surface area contributed by atoms with Gasteiger partial charge in [-0.25, -0.2) is 4.99 Å². The minimum absolute atomic E-state index is 0.268. The molecule has 1 aliphatic rings. The van der Waals surface area contributed by atoms with Gasteiger partial charge >= 0.3 is 0 Å². The van der Waals surface area contributed by atoms with Crippen molar-refractivity contribution in [3.05, 3.63) is 128 Å². The van der Waals surface area contributed by atoms with Crippen LogP contribution in [0.15, 0.2) is 77.5 Å². The summed E-state index contributed by atoms with van der Waals surface area (Å²) in [5, 5.41) is 0. The number of aliphatic imine (C=N–C) groups is 1. The highest BCUT2D eigenvalue weighted by Crippen LogP contribution is 2.39. The lowest BCUT2D eigenvalue weighted by atomic mass is 10.0. The summed E-state index contributed by atoms with van der Waals surface area (Å²) in [7, 11) is 0. The molecule has 2 amide bonds. The van der Waals surface area contributed by atoms with Crippen molar-refractivity contribution in [2.75, 3.05) is 9.80 Å². The molecular weight excluding hydrogens is 506 g/mol. The first kappa shape index (κ1) is 27.8. The molecule has 206 valence electrons. The Morgan fingerprint density at radius 3 is 1.32 bits per heavy atom. The van der Waals surface area contributed by atoms with Crippen molar-refractivity contribution in [3.63, 3.8) is 0 Å². The number of rotatable bonds is 3. The highest BCUT2D eigenvalue weighted by atomic mass is 16.2. The van der Waals surface area contributed by atoms with Crippen LogP contribution in [0, 0.1) is 55.4 Å². The number of fused-ring (bicyclic) bond motifs is 1. The molecule has 5 nitrogen and oxygen atoms in total. The van der Waals surface area contributed by atoms with E-state index in [1.807, 2.05) is 73.6 Å². The molecule has 0 radical (unpaired) electrons. The SMILES string of the molecule is Cc1cc(C)c(N2C(=O)c3ccccc3C(=O)N(c3c(C)cc(C)cc3C)C2=C=Nc2c(C)cccc2C)c(C)c1. The van der Waals surface area contributed by atoms with E-state index in [9.17, 15) is 9.59 Å². The van der Waals surface area contributed by atoms with Gasteiger partial charge in [0.1, 0.15) is 0 Å². The van der Waals surface area contributed by atoms with Crippen LogP contribution in [-0.4, -0.2) is 17.7 Å². The lowest BCUT2D eigenvalue weighted by molar-refractivity contribution is 0.0982. The Kier molecular flexibility index (Phi) is 7.25. The van der Waals surface area contributed by atoms with Gasteiger partial charge in [0.2, 0.25) is 0 Å². The third kappa shape index (κ3) is 4.90. The van der Waals surface area contributed by atoms with Gasteiger partial charge in [-0.1, -0.05) is 65.7 Å². The van der Waals surface area contributed by atoms with E-state index < -0.39 is 0 Å². The highest BCUT2D eigenvalue weighted by Gasteiger charge is 2.39. The number of para-hydroxylation sites is 1. The van der Waals surface area contributed by atoms with Gasteiger partial charge in [-0.05, 0) is 101 Å². The summed E-state index contributed by atoms with van der Waals surface area (Å²) in [6, 6.07) is 21.2. The number of aryl methyl sites for hydroxylation is 8. The fraction of sp³-hybridized carbons (Fsp3) is 0.222. The Balaban J connectivity index is 1.96. The molecule has 5 heteroatoms. The van der Waals surface area contributed by atoms with E-state index in [0.29, 0.717) is 11.1 Å². The summed E-state index contributed by atoms with van der Waals surface area (Å²) in [5.74, 6) is 2.91. The van der Waals surface area contributed by atoms with Crippen molar-refractivity contribution in [1.29, 1.82) is 0 Å². The van der Waals surface area contributed by atoms with Gasteiger partial charge < -0.3 is 0 Å². The number of benzene rings is 4. The van der Waals surface area contributed by atoms with E-state index in [1.54, 1.807) is 34.1 Å². The fourth-order valence-electron chi connectivity index (χ4n) is 6.04. The number of carbonyl (C=O) groups excluding carboxylic acids is 2. The molecule has 0 aromatic heterocycles. The summed E-state index contributed by atoms with van der Waals surface area (Å²) < 4.78 is 0. The van der Waals surface area contributed by atoms with E-state index in [-0.39, 0.29) is 17.6 Å². The fourth-order valence-corrected chi connectivity index (χ4v) is 6.04. The van der Waals surface area contributed by atoms with Crippen molar-refractivity contribution in [1.82, 2.24) is 0 Å².